The van der Waals surface area contributed by atoms with Gasteiger partial charge in [0.25, 0.3) is 0 Å². The molecular formula is C15H17NO4. The average molecular weight is 275 g/mol. The predicted octanol–water partition coefficient (Wildman–Crippen LogP) is 2.48. The average Bonchev–Trinajstić information content (AvgIpc) is 2.41. The Kier molecular flexibility index (Phi) is 4.08. The Hall–Kier alpha value is -2.30. The number of hydrogen-bond acceptors (Lipinski definition) is 3. The summed E-state index contributed by atoms with van der Waals surface area (Å²) in [6.07, 6.45) is 6.15. The summed E-state index contributed by atoms with van der Waals surface area (Å²) in [6, 6.07) is 4.65. The maximum Gasteiger partial charge on any atom is 0.322 e. The number of carboxylic acids is 2. The fraction of sp³-hybridized carbons (Fsp3) is 0.333. The van der Waals surface area contributed by atoms with Crippen LogP contribution in [0.1, 0.15) is 42.7 Å². The van der Waals surface area contributed by atoms with E-state index in [0.717, 1.165) is 36.8 Å². The van der Waals surface area contributed by atoms with Crippen molar-refractivity contribution >= 4 is 23.2 Å². The molecule has 0 unspecified atom stereocenters. The largest absolute Gasteiger partial charge is 0.480 e. The molecule has 1 aromatic rings. The van der Waals surface area contributed by atoms with E-state index >= 15 is 0 Å². The third-order valence-electron chi connectivity index (χ3n) is 3.54. The van der Waals surface area contributed by atoms with Gasteiger partial charge in [-0.2, -0.15) is 0 Å². The fourth-order valence-electron chi connectivity index (χ4n) is 2.51. The summed E-state index contributed by atoms with van der Waals surface area (Å²) in [5.74, 6) is -4.30. The lowest BCUT2D eigenvalue weighted by atomic mass is 9.89. The molecule has 4 N–H and O–H groups in total. The molecule has 0 saturated carbocycles. The molecule has 0 aromatic heterocycles. The van der Waals surface area contributed by atoms with Gasteiger partial charge in [-0.3, -0.25) is 9.59 Å². The van der Waals surface area contributed by atoms with E-state index in [-0.39, 0.29) is 5.56 Å². The van der Waals surface area contributed by atoms with Crippen molar-refractivity contribution in [2.45, 2.75) is 31.6 Å². The molecular weight excluding hydrogens is 258 g/mol. The minimum atomic E-state index is -1.56. The van der Waals surface area contributed by atoms with Crippen molar-refractivity contribution in [3.8, 4) is 0 Å². The summed E-state index contributed by atoms with van der Waals surface area (Å²) >= 11 is 0. The number of nitrogen functional groups attached to an aromatic ring is 1. The topological polar surface area (TPSA) is 101 Å². The van der Waals surface area contributed by atoms with Gasteiger partial charge in [-0.1, -0.05) is 12.1 Å². The number of benzene rings is 1. The van der Waals surface area contributed by atoms with Crippen molar-refractivity contribution in [1.82, 2.24) is 0 Å². The van der Waals surface area contributed by atoms with Crippen LogP contribution in [0.2, 0.25) is 0 Å². The van der Waals surface area contributed by atoms with Crippen LogP contribution in [0, 0.1) is 0 Å². The minimum Gasteiger partial charge on any atom is -0.480 e. The molecule has 1 aliphatic carbocycles. The van der Waals surface area contributed by atoms with Gasteiger partial charge in [0.05, 0.1) is 0 Å². The highest BCUT2D eigenvalue weighted by molar-refractivity contribution is 5.99. The predicted molar refractivity (Wildman–Crippen MR) is 75.3 cm³/mol. The van der Waals surface area contributed by atoms with Crippen LogP contribution in [0.4, 0.5) is 5.69 Å². The lowest BCUT2D eigenvalue weighted by Gasteiger charge is -2.17. The number of nitrogens with two attached hydrogens (primary N) is 1. The zero-order valence-electron chi connectivity index (χ0n) is 11.0. The summed E-state index contributed by atoms with van der Waals surface area (Å²) in [7, 11) is 0. The summed E-state index contributed by atoms with van der Waals surface area (Å²) in [6.45, 7) is 0. The highest BCUT2D eigenvalue weighted by atomic mass is 16.4. The van der Waals surface area contributed by atoms with E-state index in [1.807, 2.05) is 0 Å². The van der Waals surface area contributed by atoms with Gasteiger partial charge in [0.15, 0.2) is 5.92 Å². The van der Waals surface area contributed by atoms with Crippen LogP contribution < -0.4 is 5.73 Å². The van der Waals surface area contributed by atoms with Crippen LogP contribution in [0.3, 0.4) is 0 Å². The fourth-order valence-corrected chi connectivity index (χ4v) is 2.51. The van der Waals surface area contributed by atoms with Crippen molar-refractivity contribution in [3.05, 3.63) is 35.4 Å². The van der Waals surface area contributed by atoms with Crippen LogP contribution in [-0.2, 0) is 9.59 Å². The lowest BCUT2D eigenvalue weighted by molar-refractivity contribution is -0.150. The quantitative estimate of drug-likeness (QED) is 0.579. The minimum absolute atomic E-state index is 0.251. The van der Waals surface area contributed by atoms with E-state index in [0.29, 0.717) is 5.69 Å². The zero-order valence-corrected chi connectivity index (χ0v) is 11.0. The Morgan fingerprint density at radius 2 is 1.85 bits per heavy atom. The Bertz CT molecular complexity index is 563. The molecule has 0 aliphatic heterocycles. The third-order valence-corrected chi connectivity index (χ3v) is 3.54. The normalized spacial score (nSPS) is 14.9. The number of allylic oxidation sites excluding steroid dienone is 2. The van der Waals surface area contributed by atoms with Gasteiger partial charge in [0.2, 0.25) is 0 Å². The van der Waals surface area contributed by atoms with Crippen LogP contribution >= 0.6 is 0 Å². The molecule has 0 saturated heterocycles. The summed E-state index contributed by atoms with van der Waals surface area (Å²) in [5, 5.41) is 18.1. The number of hydrogen-bond donors (Lipinski definition) is 3. The number of anilines is 1. The highest BCUT2D eigenvalue weighted by Crippen LogP contribution is 2.32. The monoisotopic (exact) mass is 275 g/mol. The van der Waals surface area contributed by atoms with Gasteiger partial charge >= 0.3 is 11.9 Å². The van der Waals surface area contributed by atoms with E-state index in [4.69, 9.17) is 15.9 Å². The number of carboxylic acid groups (broad SMARTS) is 2. The molecule has 0 fully saturated rings. The van der Waals surface area contributed by atoms with Crippen molar-refractivity contribution in [2.75, 3.05) is 5.73 Å². The van der Waals surface area contributed by atoms with Crippen molar-refractivity contribution < 1.29 is 19.8 Å². The summed E-state index contributed by atoms with van der Waals surface area (Å²) in [5.41, 5.74) is 8.57. The molecule has 0 spiro atoms. The number of aliphatic carboxylic acids is 2. The first-order chi connectivity index (χ1) is 9.50. The van der Waals surface area contributed by atoms with Gasteiger partial charge in [-0.05, 0) is 49.0 Å². The van der Waals surface area contributed by atoms with Gasteiger partial charge in [0.1, 0.15) is 0 Å². The van der Waals surface area contributed by atoms with Gasteiger partial charge in [0, 0.05) is 11.3 Å². The molecule has 0 radical (unpaired) electrons. The number of rotatable bonds is 4. The van der Waals surface area contributed by atoms with Crippen LogP contribution in [0.25, 0.3) is 5.57 Å². The van der Waals surface area contributed by atoms with Crippen molar-refractivity contribution in [2.24, 2.45) is 0 Å². The maximum absolute atomic E-state index is 11.1. The maximum atomic E-state index is 11.1. The Morgan fingerprint density at radius 3 is 2.40 bits per heavy atom. The molecule has 106 valence electrons. The van der Waals surface area contributed by atoms with E-state index in [2.05, 4.69) is 6.08 Å². The molecule has 0 atom stereocenters. The molecule has 20 heavy (non-hydrogen) atoms. The SMILES string of the molecule is Nc1ccc(C(C(=O)O)C(=O)O)cc1C1=CCCCC1. The second-order valence-corrected chi connectivity index (χ2v) is 4.93. The van der Waals surface area contributed by atoms with Crippen LogP contribution in [0.5, 0.6) is 0 Å². The molecule has 2 rings (SSSR count). The molecule has 0 heterocycles. The molecule has 0 bridgehead atoms. The van der Waals surface area contributed by atoms with E-state index < -0.39 is 17.9 Å². The van der Waals surface area contributed by atoms with E-state index in [9.17, 15) is 9.59 Å². The standard InChI is InChI=1S/C15H17NO4/c16-12-7-6-10(13(14(17)18)15(19)20)8-11(12)9-4-2-1-3-5-9/h4,6-8,13H,1-3,5,16H2,(H,17,18)(H,19,20). The second-order valence-electron chi connectivity index (χ2n) is 4.93. The summed E-state index contributed by atoms with van der Waals surface area (Å²) in [4.78, 5) is 22.2. The highest BCUT2D eigenvalue weighted by Gasteiger charge is 2.28. The van der Waals surface area contributed by atoms with E-state index in [1.165, 1.54) is 6.07 Å². The first-order valence-electron chi connectivity index (χ1n) is 6.55. The zero-order chi connectivity index (χ0) is 14.7. The lowest BCUT2D eigenvalue weighted by Crippen LogP contribution is -2.21. The molecule has 0 amide bonds. The smallest absolute Gasteiger partial charge is 0.322 e. The molecule has 5 heteroatoms. The Morgan fingerprint density at radius 1 is 1.15 bits per heavy atom. The van der Waals surface area contributed by atoms with Crippen molar-refractivity contribution in [3.63, 3.8) is 0 Å². The number of carbonyl (C=O) groups is 2. The van der Waals surface area contributed by atoms with E-state index in [1.54, 1.807) is 12.1 Å². The van der Waals surface area contributed by atoms with Crippen LogP contribution in [0.15, 0.2) is 24.3 Å². The molecule has 1 aliphatic rings. The van der Waals surface area contributed by atoms with Crippen LogP contribution in [-0.4, -0.2) is 22.2 Å². The summed E-state index contributed by atoms with van der Waals surface area (Å²) < 4.78 is 0. The first kappa shape index (κ1) is 14.1. The Balaban J connectivity index is 2.44. The molecule has 5 nitrogen and oxygen atoms in total. The Labute approximate surface area is 116 Å². The van der Waals surface area contributed by atoms with Crippen molar-refractivity contribution in [1.29, 1.82) is 0 Å². The van der Waals surface area contributed by atoms with Gasteiger partial charge in [-0.15, -0.1) is 0 Å². The first-order valence-corrected chi connectivity index (χ1v) is 6.55. The third kappa shape index (κ3) is 2.82. The van der Waals surface area contributed by atoms with Gasteiger partial charge < -0.3 is 15.9 Å². The molecule has 1 aromatic carbocycles. The second kappa shape index (κ2) is 5.77. The van der Waals surface area contributed by atoms with Gasteiger partial charge in [-0.25, -0.2) is 0 Å².